The molecule has 8 heteroatoms. The predicted molar refractivity (Wildman–Crippen MR) is 111 cm³/mol. The molecule has 0 amide bonds. The zero-order valence-corrected chi connectivity index (χ0v) is 17.2. The maximum Gasteiger partial charge on any atom is 0.278 e. The third kappa shape index (κ3) is 2.79. The Hall–Kier alpha value is -2.67. The van der Waals surface area contributed by atoms with Crippen LogP contribution in [0, 0.1) is 0 Å². The standard InChI is InChI=1S/C21H22ClN5O2/c1-3-12(2)27-17-14(22)9-6-10-15(17)26-11-23-16(18(26)21(27)28)19-24-20(29-25-19)13-7-4-5-8-13/h6,9-13H,3-5,7-8H2,1-2H3. The number of para-hydroxylation sites is 1. The monoisotopic (exact) mass is 411 g/mol. The molecule has 150 valence electrons. The Labute approximate surface area is 172 Å². The molecular formula is C21H22ClN5O2. The molecule has 1 aliphatic carbocycles. The first-order valence-corrected chi connectivity index (χ1v) is 10.5. The van der Waals surface area contributed by atoms with Crippen molar-refractivity contribution < 1.29 is 4.52 Å². The number of hydrogen-bond acceptors (Lipinski definition) is 5. The Morgan fingerprint density at radius 1 is 1.28 bits per heavy atom. The lowest BCUT2D eigenvalue weighted by molar-refractivity contribution is 0.354. The van der Waals surface area contributed by atoms with Gasteiger partial charge in [-0.05, 0) is 38.3 Å². The van der Waals surface area contributed by atoms with Crippen LogP contribution in [0.4, 0.5) is 0 Å². The van der Waals surface area contributed by atoms with Crippen LogP contribution < -0.4 is 5.56 Å². The summed E-state index contributed by atoms with van der Waals surface area (Å²) in [4.78, 5) is 22.7. The third-order valence-corrected chi connectivity index (χ3v) is 6.35. The maximum atomic E-state index is 13.6. The Morgan fingerprint density at radius 3 is 2.83 bits per heavy atom. The first-order valence-electron chi connectivity index (χ1n) is 10.1. The molecule has 4 aromatic rings. The number of rotatable bonds is 4. The number of hydrogen-bond donors (Lipinski definition) is 0. The van der Waals surface area contributed by atoms with Crippen molar-refractivity contribution in [1.82, 2.24) is 24.1 Å². The van der Waals surface area contributed by atoms with Gasteiger partial charge in [-0.25, -0.2) is 4.98 Å². The number of aromatic nitrogens is 5. The van der Waals surface area contributed by atoms with E-state index in [0.29, 0.717) is 39.4 Å². The van der Waals surface area contributed by atoms with Gasteiger partial charge in [0.15, 0.2) is 0 Å². The van der Waals surface area contributed by atoms with Crippen molar-refractivity contribution in [3.63, 3.8) is 0 Å². The summed E-state index contributed by atoms with van der Waals surface area (Å²) in [7, 11) is 0. The van der Waals surface area contributed by atoms with Gasteiger partial charge in [0.2, 0.25) is 11.7 Å². The van der Waals surface area contributed by atoms with E-state index in [4.69, 9.17) is 16.1 Å². The molecule has 0 spiro atoms. The molecule has 1 aliphatic rings. The van der Waals surface area contributed by atoms with Crippen LogP contribution in [0.2, 0.25) is 5.02 Å². The molecule has 1 unspecified atom stereocenters. The summed E-state index contributed by atoms with van der Waals surface area (Å²) in [5, 5.41) is 4.69. The van der Waals surface area contributed by atoms with Gasteiger partial charge in [-0.2, -0.15) is 4.98 Å². The molecule has 0 radical (unpaired) electrons. The average molecular weight is 412 g/mol. The highest BCUT2D eigenvalue weighted by atomic mass is 35.5. The molecule has 1 saturated carbocycles. The van der Waals surface area contributed by atoms with E-state index >= 15 is 0 Å². The van der Waals surface area contributed by atoms with Crippen LogP contribution in [0.15, 0.2) is 33.8 Å². The van der Waals surface area contributed by atoms with Crippen LogP contribution in [0.3, 0.4) is 0 Å². The summed E-state index contributed by atoms with van der Waals surface area (Å²) in [6, 6.07) is 5.61. The normalized spacial score (nSPS) is 16.2. The molecule has 7 nitrogen and oxygen atoms in total. The zero-order valence-electron chi connectivity index (χ0n) is 16.4. The number of benzene rings is 1. The highest BCUT2D eigenvalue weighted by Gasteiger charge is 2.26. The number of nitrogens with zero attached hydrogens (tertiary/aromatic N) is 5. The van der Waals surface area contributed by atoms with Crippen molar-refractivity contribution in [2.75, 3.05) is 0 Å². The summed E-state index contributed by atoms with van der Waals surface area (Å²) in [6.07, 6.45) is 6.93. The van der Waals surface area contributed by atoms with Gasteiger partial charge in [0.1, 0.15) is 17.5 Å². The quantitative estimate of drug-likeness (QED) is 0.473. The fraction of sp³-hybridized carbons (Fsp3) is 0.429. The minimum atomic E-state index is -0.153. The van der Waals surface area contributed by atoms with Crippen LogP contribution in [0.25, 0.3) is 28.1 Å². The second-order valence-corrected chi connectivity index (χ2v) is 8.20. The Balaban J connectivity index is 1.78. The first kappa shape index (κ1) is 18.4. The Morgan fingerprint density at radius 2 is 2.07 bits per heavy atom. The molecule has 29 heavy (non-hydrogen) atoms. The van der Waals surface area contributed by atoms with Gasteiger partial charge in [0.05, 0.1) is 16.1 Å². The summed E-state index contributed by atoms with van der Waals surface area (Å²) in [5.74, 6) is 1.31. The molecule has 0 bridgehead atoms. The lowest BCUT2D eigenvalue weighted by Crippen LogP contribution is -2.26. The van der Waals surface area contributed by atoms with Crippen LogP contribution in [-0.2, 0) is 0 Å². The van der Waals surface area contributed by atoms with Crippen LogP contribution in [0.5, 0.6) is 0 Å². The van der Waals surface area contributed by atoms with Crippen molar-refractivity contribution in [2.45, 2.75) is 57.9 Å². The van der Waals surface area contributed by atoms with Crippen molar-refractivity contribution in [2.24, 2.45) is 0 Å². The summed E-state index contributed by atoms with van der Waals surface area (Å²) in [6.45, 7) is 4.07. The van der Waals surface area contributed by atoms with Gasteiger partial charge < -0.3 is 9.09 Å². The predicted octanol–water partition coefficient (Wildman–Crippen LogP) is 4.98. The van der Waals surface area contributed by atoms with Crippen molar-refractivity contribution >= 4 is 28.2 Å². The Bertz CT molecular complexity index is 1270. The first-order chi connectivity index (χ1) is 14.1. The molecule has 3 heterocycles. The molecular weight excluding hydrogens is 390 g/mol. The van der Waals surface area contributed by atoms with E-state index in [2.05, 4.69) is 15.1 Å². The van der Waals surface area contributed by atoms with E-state index in [0.717, 1.165) is 24.8 Å². The molecule has 0 N–H and O–H groups in total. The number of halogens is 1. The minimum absolute atomic E-state index is 0.0167. The molecule has 3 aromatic heterocycles. The topological polar surface area (TPSA) is 78.2 Å². The highest BCUT2D eigenvalue weighted by molar-refractivity contribution is 6.35. The molecule has 1 aromatic carbocycles. The van der Waals surface area contributed by atoms with Gasteiger partial charge in [-0.1, -0.05) is 42.6 Å². The van der Waals surface area contributed by atoms with Crippen molar-refractivity contribution in [3.8, 4) is 11.5 Å². The fourth-order valence-corrected chi connectivity index (χ4v) is 4.59. The average Bonchev–Trinajstić information content (AvgIpc) is 3.47. The summed E-state index contributed by atoms with van der Waals surface area (Å²) >= 11 is 6.50. The third-order valence-electron chi connectivity index (χ3n) is 6.04. The van der Waals surface area contributed by atoms with Crippen molar-refractivity contribution in [1.29, 1.82) is 0 Å². The zero-order chi connectivity index (χ0) is 20.1. The van der Waals surface area contributed by atoms with Gasteiger partial charge in [0, 0.05) is 12.0 Å². The van der Waals surface area contributed by atoms with E-state index in [1.807, 2.05) is 26.0 Å². The van der Waals surface area contributed by atoms with Crippen molar-refractivity contribution in [3.05, 3.63) is 45.8 Å². The van der Waals surface area contributed by atoms with E-state index in [1.165, 1.54) is 12.8 Å². The van der Waals surface area contributed by atoms with E-state index in [1.54, 1.807) is 21.4 Å². The molecule has 0 aliphatic heterocycles. The number of fused-ring (bicyclic) bond motifs is 3. The summed E-state index contributed by atoms with van der Waals surface area (Å²) < 4.78 is 9.07. The SMILES string of the molecule is CCC(C)n1c(=O)c2c(-c3noc(C4CCCC4)n3)ncn2c2cccc(Cl)c21. The lowest BCUT2D eigenvalue weighted by Gasteiger charge is -2.18. The van der Waals surface area contributed by atoms with Gasteiger partial charge in [0.25, 0.3) is 5.56 Å². The van der Waals surface area contributed by atoms with E-state index in [9.17, 15) is 4.79 Å². The molecule has 5 rings (SSSR count). The molecule has 1 fully saturated rings. The highest BCUT2D eigenvalue weighted by Crippen LogP contribution is 2.34. The minimum Gasteiger partial charge on any atom is -0.339 e. The van der Waals surface area contributed by atoms with Gasteiger partial charge in [-0.3, -0.25) is 9.20 Å². The van der Waals surface area contributed by atoms with Gasteiger partial charge in [-0.15, -0.1) is 0 Å². The van der Waals surface area contributed by atoms with Gasteiger partial charge >= 0.3 is 0 Å². The van der Waals surface area contributed by atoms with Crippen LogP contribution in [-0.4, -0.2) is 24.1 Å². The van der Waals surface area contributed by atoms with Crippen LogP contribution >= 0.6 is 11.6 Å². The van der Waals surface area contributed by atoms with Crippen LogP contribution in [0.1, 0.15) is 63.8 Å². The smallest absolute Gasteiger partial charge is 0.278 e. The molecule has 1 atom stereocenters. The molecule has 0 saturated heterocycles. The largest absolute Gasteiger partial charge is 0.339 e. The maximum absolute atomic E-state index is 13.6. The Kier molecular flexibility index (Phi) is 4.42. The second-order valence-electron chi connectivity index (χ2n) is 7.79. The second kappa shape index (κ2) is 6.99. The lowest BCUT2D eigenvalue weighted by atomic mass is 10.1. The number of imidazole rings is 1. The van der Waals surface area contributed by atoms with E-state index in [-0.39, 0.29) is 11.6 Å². The fourth-order valence-electron chi connectivity index (χ4n) is 4.32. The van der Waals surface area contributed by atoms with E-state index < -0.39 is 0 Å². The summed E-state index contributed by atoms with van der Waals surface area (Å²) in [5.41, 5.74) is 2.27.